The first-order chi connectivity index (χ1) is 8.29. The first-order valence-corrected chi connectivity index (χ1v) is 6.38. The average molecular weight is 337 g/mol. The van der Waals surface area contributed by atoms with E-state index in [4.69, 9.17) is 21.1 Å². The molecule has 0 fully saturated rings. The fourth-order valence-electron chi connectivity index (χ4n) is 1.22. The van der Waals surface area contributed by atoms with Crippen molar-refractivity contribution in [2.45, 2.75) is 18.2 Å². The van der Waals surface area contributed by atoms with E-state index < -0.39 is 4.32 Å². The standard InChI is InChI=1S/C12H15BrClNO3/c1-12(2,13)11(16)15-8-6-10(18-4)9(17-3)5-7(8)14/h5-6H,1-4H3,(H,15,16). The van der Waals surface area contributed by atoms with E-state index in [-0.39, 0.29) is 5.91 Å². The number of hydrogen-bond donors (Lipinski definition) is 1. The maximum absolute atomic E-state index is 11.9. The number of amides is 1. The second kappa shape index (κ2) is 5.80. The Hall–Kier alpha value is -0.940. The van der Waals surface area contributed by atoms with Crippen LogP contribution in [0, 0.1) is 0 Å². The maximum Gasteiger partial charge on any atom is 0.240 e. The number of carbonyl (C=O) groups is 1. The van der Waals surface area contributed by atoms with Crippen LogP contribution in [0.1, 0.15) is 13.8 Å². The van der Waals surface area contributed by atoms with Gasteiger partial charge in [0.1, 0.15) is 0 Å². The Morgan fingerprint density at radius 3 is 2.22 bits per heavy atom. The minimum absolute atomic E-state index is 0.198. The Bertz CT molecular complexity index is 457. The van der Waals surface area contributed by atoms with Gasteiger partial charge in [-0.05, 0) is 13.8 Å². The SMILES string of the molecule is COc1cc(Cl)c(NC(=O)C(C)(C)Br)cc1OC. The fourth-order valence-corrected chi connectivity index (χ4v) is 1.52. The van der Waals surface area contributed by atoms with Crippen molar-refractivity contribution in [1.29, 1.82) is 0 Å². The Morgan fingerprint density at radius 1 is 1.28 bits per heavy atom. The summed E-state index contributed by atoms with van der Waals surface area (Å²) in [6, 6.07) is 3.22. The van der Waals surface area contributed by atoms with Crippen molar-refractivity contribution in [3.63, 3.8) is 0 Å². The molecule has 0 radical (unpaired) electrons. The van der Waals surface area contributed by atoms with E-state index in [0.717, 1.165) is 0 Å². The summed E-state index contributed by atoms with van der Waals surface area (Å²) in [4.78, 5) is 11.9. The molecule has 0 heterocycles. The molecule has 0 spiro atoms. The lowest BCUT2D eigenvalue weighted by Crippen LogP contribution is -2.31. The Morgan fingerprint density at radius 2 is 1.78 bits per heavy atom. The van der Waals surface area contributed by atoms with Crippen molar-refractivity contribution in [3.05, 3.63) is 17.2 Å². The molecule has 0 saturated heterocycles. The highest BCUT2D eigenvalue weighted by atomic mass is 79.9. The van der Waals surface area contributed by atoms with Gasteiger partial charge in [-0.3, -0.25) is 4.79 Å². The third kappa shape index (κ3) is 3.53. The molecule has 1 rings (SSSR count). The van der Waals surface area contributed by atoms with Gasteiger partial charge in [-0.1, -0.05) is 27.5 Å². The van der Waals surface area contributed by atoms with Crippen LogP contribution >= 0.6 is 27.5 Å². The minimum atomic E-state index is -0.677. The van der Waals surface area contributed by atoms with Gasteiger partial charge >= 0.3 is 0 Å². The molecular weight excluding hydrogens is 321 g/mol. The van der Waals surface area contributed by atoms with E-state index in [9.17, 15) is 4.79 Å². The summed E-state index contributed by atoms with van der Waals surface area (Å²) in [7, 11) is 3.04. The van der Waals surface area contributed by atoms with Crippen molar-refractivity contribution in [2.75, 3.05) is 19.5 Å². The molecular formula is C12H15BrClNO3. The molecule has 1 N–H and O–H groups in total. The van der Waals surface area contributed by atoms with Crippen LogP contribution in [-0.4, -0.2) is 24.5 Å². The number of anilines is 1. The molecule has 18 heavy (non-hydrogen) atoms. The summed E-state index contributed by atoms with van der Waals surface area (Å²) in [6.07, 6.45) is 0. The van der Waals surface area contributed by atoms with Crippen LogP contribution in [0.2, 0.25) is 5.02 Å². The van der Waals surface area contributed by atoms with Crippen LogP contribution in [0.15, 0.2) is 12.1 Å². The Balaban J connectivity index is 3.07. The number of halogens is 2. The topological polar surface area (TPSA) is 47.6 Å². The molecule has 100 valence electrons. The minimum Gasteiger partial charge on any atom is -0.493 e. The summed E-state index contributed by atoms with van der Waals surface area (Å²) >= 11 is 9.34. The third-order valence-corrected chi connectivity index (χ3v) is 2.93. The normalized spacial score (nSPS) is 11.0. The number of rotatable bonds is 4. The van der Waals surface area contributed by atoms with Crippen molar-refractivity contribution in [1.82, 2.24) is 0 Å². The van der Waals surface area contributed by atoms with Crippen LogP contribution in [-0.2, 0) is 4.79 Å². The second-order valence-electron chi connectivity index (χ2n) is 4.11. The first kappa shape index (κ1) is 15.1. The molecule has 0 aliphatic rings. The van der Waals surface area contributed by atoms with Crippen molar-refractivity contribution < 1.29 is 14.3 Å². The number of carbonyl (C=O) groups excluding carboxylic acids is 1. The summed E-state index contributed by atoms with van der Waals surface area (Å²) in [6.45, 7) is 3.49. The number of benzene rings is 1. The van der Waals surface area contributed by atoms with E-state index in [1.54, 1.807) is 26.0 Å². The van der Waals surface area contributed by atoms with Gasteiger partial charge in [0.2, 0.25) is 5.91 Å². The second-order valence-corrected chi connectivity index (χ2v) is 6.50. The molecule has 0 aromatic heterocycles. The average Bonchev–Trinajstić information content (AvgIpc) is 2.29. The number of ether oxygens (including phenoxy) is 2. The summed E-state index contributed by atoms with van der Waals surface area (Å²) in [5, 5.41) is 3.11. The highest BCUT2D eigenvalue weighted by molar-refractivity contribution is 9.10. The highest BCUT2D eigenvalue weighted by Gasteiger charge is 2.24. The van der Waals surface area contributed by atoms with E-state index in [2.05, 4.69) is 21.2 Å². The fraction of sp³-hybridized carbons (Fsp3) is 0.417. The zero-order valence-corrected chi connectivity index (χ0v) is 13.0. The number of alkyl halides is 1. The molecule has 0 aliphatic carbocycles. The Kier molecular flexibility index (Phi) is 4.87. The molecule has 1 aromatic carbocycles. The number of nitrogens with one attached hydrogen (secondary N) is 1. The van der Waals surface area contributed by atoms with Gasteiger partial charge in [0.05, 0.1) is 29.3 Å². The molecule has 1 aromatic rings. The van der Waals surface area contributed by atoms with E-state index in [1.165, 1.54) is 14.2 Å². The molecule has 4 nitrogen and oxygen atoms in total. The quantitative estimate of drug-likeness (QED) is 0.857. The van der Waals surface area contributed by atoms with Gasteiger partial charge in [0, 0.05) is 12.1 Å². The van der Waals surface area contributed by atoms with Gasteiger partial charge in [-0.25, -0.2) is 0 Å². The first-order valence-electron chi connectivity index (χ1n) is 5.21. The van der Waals surface area contributed by atoms with Crippen LogP contribution in [0.5, 0.6) is 11.5 Å². The van der Waals surface area contributed by atoms with Crippen molar-refractivity contribution in [2.24, 2.45) is 0 Å². The van der Waals surface area contributed by atoms with Crippen LogP contribution in [0.4, 0.5) is 5.69 Å². The molecule has 0 atom stereocenters. The maximum atomic E-state index is 11.9. The van der Waals surface area contributed by atoms with Crippen molar-refractivity contribution in [3.8, 4) is 11.5 Å². The molecule has 0 aliphatic heterocycles. The zero-order valence-electron chi connectivity index (χ0n) is 10.6. The van der Waals surface area contributed by atoms with Crippen LogP contribution in [0.3, 0.4) is 0 Å². The predicted molar refractivity (Wildman–Crippen MR) is 76.2 cm³/mol. The summed E-state index contributed by atoms with van der Waals surface area (Å²) < 4.78 is 9.59. The number of methoxy groups -OCH3 is 2. The van der Waals surface area contributed by atoms with Gasteiger partial charge in [0.15, 0.2) is 11.5 Å². The van der Waals surface area contributed by atoms with E-state index in [0.29, 0.717) is 22.2 Å². The van der Waals surface area contributed by atoms with E-state index >= 15 is 0 Å². The lowest BCUT2D eigenvalue weighted by molar-refractivity contribution is -0.117. The molecule has 0 bridgehead atoms. The van der Waals surface area contributed by atoms with E-state index in [1.807, 2.05) is 0 Å². The summed E-state index contributed by atoms with van der Waals surface area (Å²) in [5.41, 5.74) is 0.479. The molecule has 0 saturated carbocycles. The monoisotopic (exact) mass is 335 g/mol. The lowest BCUT2D eigenvalue weighted by Gasteiger charge is -2.18. The van der Waals surface area contributed by atoms with Crippen LogP contribution < -0.4 is 14.8 Å². The zero-order chi connectivity index (χ0) is 13.9. The predicted octanol–water partition coefficient (Wildman–Crippen LogP) is 3.47. The number of hydrogen-bond acceptors (Lipinski definition) is 3. The van der Waals surface area contributed by atoms with Gasteiger partial charge in [-0.15, -0.1) is 0 Å². The van der Waals surface area contributed by atoms with Gasteiger partial charge in [0.25, 0.3) is 0 Å². The molecule has 0 unspecified atom stereocenters. The highest BCUT2D eigenvalue weighted by Crippen LogP contribution is 2.36. The Labute approximate surface area is 120 Å². The lowest BCUT2D eigenvalue weighted by atomic mass is 10.2. The summed E-state index contributed by atoms with van der Waals surface area (Å²) in [5.74, 6) is 0.819. The smallest absolute Gasteiger partial charge is 0.240 e. The largest absolute Gasteiger partial charge is 0.493 e. The van der Waals surface area contributed by atoms with Gasteiger partial charge < -0.3 is 14.8 Å². The van der Waals surface area contributed by atoms with Gasteiger partial charge in [-0.2, -0.15) is 0 Å². The van der Waals surface area contributed by atoms with Crippen LogP contribution in [0.25, 0.3) is 0 Å². The third-order valence-electron chi connectivity index (χ3n) is 2.26. The van der Waals surface area contributed by atoms with Crippen molar-refractivity contribution >= 4 is 39.1 Å². The molecule has 1 amide bonds. The molecule has 6 heteroatoms.